The number of piperazine rings is 1. The Hall–Kier alpha value is -3.75. The molecular formula is C32H29Cl2FN4O6S2. The summed E-state index contributed by atoms with van der Waals surface area (Å²) in [6, 6.07) is 18.4. The zero-order valence-corrected chi connectivity index (χ0v) is 28.1. The molecule has 0 saturated carbocycles. The average Bonchev–Trinajstić information content (AvgIpc) is 3.42. The molecule has 2 aliphatic rings. The number of carbonyl (C=O) groups excluding carboxylic acids is 1. The van der Waals surface area contributed by atoms with E-state index < -0.39 is 54.3 Å². The largest absolute Gasteiger partial charge is 0.336 e. The Balaban J connectivity index is 1.53. The molecule has 2 atom stereocenters. The van der Waals surface area contributed by atoms with Crippen molar-refractivity contribution in [2.75, 3.05) is 36.2 Å². The van der Waals surface area contributed by atoms with E-state index in [-0.39, 0.29) is 43.3 Å². The van der Waals surface area contributed by atoms with Gasteiger partial charge in [-0.1, -0.05) is 59.6 Å². The quantitative estimate of drug-likeness (QED) is 0.267. The highest BCUT2D eigenvalue weighted by atomic mass is 35.5. The van der Waals surface area contributed by atoms with Crippen LogP contribution in [0.25, 0.3) is 0 Å². The van der Waals surface area contributed by atoms with Gasteiger partial charge in [0.05, 0.1) is 17.8 Å². The molecule has 10 nitrogen and oxygen atoms in total. The van der Waals surface area contributed by atoms with Crippen molar-refractivity contribution in [3.63, 3.8) is 0 Å². The van der Waals surface area contributed by atoms with E-state index in [1.54, 1.807) is 55.5 Å². The van der Waals surface area contributed by atoms with Gasteiger partial charge in [-0.15, -0.1) is 0 Å². The van der Waals surface area contributed by atoms with Crippen LogP contribution < -0.4 is 9.86 Å². The fourth-order valence-electron chi connectivity index (χ4n) is 6.09. The SMILES string of the molecule is CCS(=O)(=O)N1CCN(C(=O)c2ccc3n(c2=O)[C@H](c2ccc(Cl)cc2)[C@H](c2ccc(Cl)cc2)N3S(=O)(=O)c2ccccc2F)CC1. The molecule has 1 fully saturated rings. The van der Waals surface area contributed by atoms with Crippen molar-refractivity contribution in [2.45, 2.75) is 23.9 Å². The lowest BCUT2D eigenvalue weighted by atomic mass is 9.94. The normalized spacial score (nSPS) is 18.7. The standard InChI is InChI=1S/C32H29Cl2FN4O6S2/c1-2-46(42,43)37-19-17-36(18-20-37)31(40)25-15-16-28-38(32(25)41)29(21-7-11-23(33)12-8-21)30(22-9-13-24(34)14-10-22)39(28)47(44,45)27-6-4-3-5-26(27)35/h3-16,29-30H,2,17-20H2,1H3/t29-,30+/m1/s1. The van der Waals surface area contributed by atoms with E-state index in [1.165, 1.54) is 38.0 Å². The number of rotatable bonds is 7. The molecule has 1 amide bonds. The summed E-state index contributed by atoms with van der Waals surface area (Å²) in [5.41, 5.74) is -0.0221. The minimum absolute atomic E-state index is 0.0692. The van der Waals surface area contributed by atoms with Crippen LogP contribution in [-0.4, -0.2) is 68.4 Å². The van der Waals surface area contributed by atoms with Crippen molar-refractivity contribution in [1.29, 1.82) is 0 Å². The first kappa shape index (κ1) is 33.2. The number of pyridine rings is 1. The summed E-state index contributed by atoms with van der Waals surface area (Å²) in [5, 5.41) is 0.805. The number of amides is 1. The highest BCUT2D eigenvalue weighted by Crippen LogP contribution is 2.49. The Morgan fingerprint density at radius 2 is 1.34 bits per heavy atom. The number of hydrogen-bond acceptors (Lipinski definition) is 6. The third-order valence-corrected chi connectivity index (χ3v) is 12.7. The molecule has 0 bridgehead atoms. The van der Waals surface area contributed by atoms with Gasteiger partial charge in [0, 0.05) is 36.2 Å². The Kier molecular flexibility index (Phi) is 8.96. The molecule has 47 heavy (non-hydrogen) atoms. The first-order chi connectivity index (χ1) is 22.3. The van der Waals surface area contributed by atoms with E-state index in [1.807, 2.05) is 0 Å². The molecule has 1 saturated heterocycles. The molecule has 3 heterocycles. The van der Waals surface area contributed by atoms with Crippen molar-refractivity contribution in [2.24, 2.45) is 0 Å². The number of anilines is 1. The monoisotopic (exact) mass is 718 g/mol. The molecule has 0 N–H and O–H groups in total. The van der Waals surface area contributed by atoms with Gasteiger partial charge >= 0.3 is 0 Å². The fourth-order valence-corrected chi connectivity index (χ4v) is 9.14. The summed E-state index contributed by atoms with van der Waals surface area (Å²) >= 11 is 12.4. The third-order valence-electron chi connectivity index (χ3n) is 8.46. The van der Waals surface area contributed by atoms with Crippen LogP contribution >= 0.6 is 23.2 Å². The summed E-state index contributed by atoms with van der Waals surface area (Å²) in [4.78, 5) is 29.1. The lowest BCUT2D eigenvalue weighted by Gasteiger charge is -2.33. The van der Waals surface area contributed by atoms with Crippen LogP contribution in [0.2, 0.25) is 10.0 Å². The second kappa shape index (κ2) is 12.7. The van der Waals surface area contributed by atoms with Crippen molar-refractivity contribution in [3.05, 3.63) is 128 Å². The van der Waals surface area contributed by atoms with E-state index in [4.69, 9.17) is 23.2 Å². The van der Waals surface area contributed by atoms with Crippen molar-refractivity contribution in [1.82, 2.24) is 13.8 Å². The number of halogens is 3. The number of hydrogen-bond donors (Lipinski definition) is 0. The van der Waals surface area contributed by atoms with Crippen LogP contribution in [0.5, 0.6) is 0 Å². The van der Waals surface area contributed by atoms with Gasteiger partial charge < -0.3 is 4.90 Å². The molecule has 2 aliphatic heterocycles. The summed E-state index contributed by atoms with van der Waals surface area (Å²) in [5.74, 6) is -1.73. The predicted molar refractivity (Wildman–Crippen MR) is 177 cm³/mol. The first-order valence-electron chi connectivity index (χ1n) is 14.7. The maximum atomic E-state index is 15.1. The molecule has 0 unspecified atom stereocenters. The molecule has 0 aliphatic carbocycles. The van der Waals surface area contributed by atoms with Gasteiger partial charge in [-0.25, -0.2) is 25.5 Å². The van der Waals surface area contributed by atoms with Crippen molar-refractivity contribution < 1.29 is 26.0 Å². The minimum atomic E-state index is -4.65. The van der Waals surface area contributed by atoms with Crippen LogP contribution in [0, 0.1) is 5.82 Å². The predicted octanol–water partition coefficient (Wildman–Crippen LogP) is 4.94. The topological polar surface area (TPSA) is 117 Å². The summed E-state index contributed by atoms with van der Waals surface area (Å²) < 4.78 is 72.2. The van der Waals surface area contributed by atoms with Gasteiger partial charge in [0.15, 0.2) is 0 Å². The van der Waals surface area contributed by atoms with Crippen LogP contribution in [0.3, 0.4) is 0 Å². The first-order valence-corrected chi connectivity index (χ1v) is 18.5. The van der Waals surface area contributed by atoms with Gasteiger partial charge in [0.2, 0.25) is 10.0 Å². The van der Waals surface area contributed by atoms with E-state index in [0.29, 0.717) is 21.2 Å². The number of nitrogens with zero attached hydrogens (tertiary/aromatic N) is 4. The highest BCUT2D eigenvalue weighted by Gasteiger charge is 2.48. The Morgan fingerprint density at radius 1 is 0.787 bits per heavy atom. The van der Waals surface area contributed by atoms with Crippen LogP contribution in [0.15, 0.2) is 94.6 Å². The summed E-state index contributed by atoms with van der Waals surface area (Å²) in [7, 11) is -8.10. The van der Waals surface area contributed by atoms with Gasteiger partial charge in [0.1, 0.15) is 22.1 Å². The van der Waals surface area contributed by atoms with Crippen LogP contribution in [0.4, 0.5) is 10.2 Å². The number of fused-ring (bicyclic) bond motifs is 1. The maximum absolute atomic E-state index is 15.1. The number of aromatic nitrogens is 1. The Bertz CT molecular complexity index is 2120. The molecule has 3 aromatic carbocycles. The number of carbonyl (C=O) groups is 1. The second-order valence-electron chi connectivity index (χ2n) is 11.1. The molecule has 0 spiro atoms. The number of benzene rings is 3. The molecule has 0 radical (unpaired) electrons. The van der Waals surface area contributed by atoms with E-state index in [9.17, 15) is 26.4 Å². The van der Waals surface area contributed by atoms with E-state index in [0.717, 1.165) is 16.4 Å². The van der Waals surface area contributed by atoms with E-state index in [2.05, 4.69) is 0 Å². The van der Waals surface area contributed by atoms with E-state index >= 15 is 4.39 Å². The third kappa shape index (κ3) is 5.95. The maximum Gasteiger partial charge on any atom is 0.269 e. The Labute approximate surface area is 281 Å². The molecule has 246 valence electrons. The summed E-state index contributed by atoms with van der Waals surface area (Å²) in [6.45, 7) is 1.84. The average molecular weight is 720 g/mol. The Morgan fingerprint density at radius 3 is 1.89 bits per heavy atom. The smallest absolute Gasteiger partial charge is 0.269 e. The molecule has 1 aromatic heterocycles. The lowest BCUT2D eigenvalue weighted by Crippen LogP contribution is -2.51. The van der Waals surface area contributed by atoms with Crippen molar-refractivity contribution >= 4 is 55.0 Å². The van der Waals surface area contributed by atoms with Gasteiger partial charge in [-0.3, -0.25) is 14.2 Å². The molecular weight excluding hydrogens is 690 g/mol. The van der Waals surface area contributed by atoms with Gasteiger partial charge in [-0.05, 0) is 66.6 Å². The fraction of sp³-hybridized carbons (Fsp3) is 0.250. The molecule has 6 rings (SSSR count). The minimum Gasteiger partial charge on any atom is -0.336 e. The van der Waals surface area contributed by atoms with Crippen LogP contribution in [-0.2, 0) is 20.0 Å². The highest BCUT2D eigenvalue weighted by molar-refractivity contribution is 7.92. The molecule has 4 aromatic rings. The number of sulfonamides is 2. The lowest BCUT2D eigenvalue weighted by molar-refractivity contribution is 0.0695. The zero-order chi connectivity index (χ0) is 33.7. The molecule has 15 heteroatoms. The summed E-state index contributed by atoms with van der Waals surface area (Å²) in [6.07, 6.45) is 0. The zero-order valence-electron chi connectivity index (χ0n) is 25.0. The second-order valence-corrected chi connectivity index (χ2v) is 16.0. The van der Waals surface area contributed by atoms with Crippen molar-refractivity contribution in [3.8, 4) is 0 Å². The van der Waals surface area contributed by atoms with Gasteiger partial charge in [-0.2, -0.15) is 4.31 Å². The van der Waals surface area contributed by atoms with Gasteiger partial charge in [0.25, 0.3) is 21.5 Å². The van der Waals surface area contributed by atoms with Crippen LogP contribution in [0.1, 0.15) is 40.5 Å².